The third-order valence-electron chi connectivity index (χ3n) is 12.2. The number of fused-ring (bicyclic) bond motifs is 9. The molecule has 1 aliphatic carbocycles. The normalized spacial score (nSPS) is 14.6. The predicted octanol–water partition coefficient (Wildman–Crippen LogP) is 15.0. The lowest BCUT2D eigenvalue weighted by Gasteiger charge is -2.34. The fourth-order valence-electron chi connectivity index (χ4n) is 9.63. The van der Waals surface area contributed by atoms with Crippen molar-refractivity contribution in [3.05, 3.63) is 235 Å². The van der Waals surface area contributed by atoms with Crippen LogP contribution in [0.15, 0.2) is 221 Å². The summed E-state index contributed by atoms with van der Waals surface area (Å²) in [6.07, 6.45) is 0. The van der Waals surface area contributed by atoms with Gasteiger partial charge in [0.25, 0.3) is 0 Å². The minimum atomic E-state index is -0.678. The number of benzene rings is 9. The molecule has 3 heteroatoms. The SMILES string of the molecule is c1ccc(-c2ccc(N(c3ccc4c(c3)C(c3ccccc3)(c3cccc5c3oc3ccccc35)c3ccccc3-4)c3ccc4c(c3)oc3ccccc34)cc2)cc1. The first kappa shape index (κ1) is 32.6. The van der Waals surface area contributed by atoms with E-state index in [9.17, 15) is 0 Å². The molecule has 0 amide bonds. The molecular formula is C55H35NO2. The van der Waals surface area contributed by atoms with E-state index in [4.69, 9.17) is 8.83 Å². The van der Waals surface area contributed by atoms with Gasteiger partial charge in [0.1, 0.15) is 22.3 Å². The lowest BCUT2D eigenvalue weighted by molar-refractivity contribution is 0.648. The lowest BCUT2D eigenvalue weighted by Crippen LogP contribution is -2.29. The summed E-state index contributed by atoms with van der Waals surface area (Å²) in [6.45, 7) is 0. The van der Waals surface area contributed by atoms with Crippen LogP contribution in [0.2, 0.25) is 0 Å². The molecule has 0 N–H and O–H groups in total. The van der Waals surface area contributed by atoms with Crippen LogP contribution >= 0.6 is 0 Å². The van der Waals surface area contributed by atoms with Gasteiger partial charge in [-0.3, -0.25) is 0 Å². The van der Waals surface area contributed by atoms with Crippen LogP contribution in [0.4, 0.5) is 17.1 Å². The quantitative estimate of drug-likeness (QED) is 0.170. The summed E-state index contributed by atoms with van der Waals surface area (Å²) in [5, 5.41) is 4.45. The van der Waals surface area contributed by atoms with E-state index in [1.165, 1.54) is 38.9 Å². The van der Waals surface area contributed by atoms with E-state index >= 15 is 0 Å². The lowest BCUT2D eigenvalue weighted by atomic mass is 9.67. The molecule has 12 rings (SSSR count). The minimum Gasteiger partial charge on any atom is -0.456 e. The maximum atomic E-state index is 6.88. The Morgan fingerprint density at radius 1 is 0.328 bits per heavy atom. The summed E-state index contributed by atoms with van der Waals surface area (Å²) in [4.78, 5) is 2.36. The van der Waals surface area contributed by atoms with Crippen molar-refractivity contribution >= 4 is 60.9 Å². The van der Waals surface area contributed by atoms with Crippen molar-refractivity contribution in [1.82, 2.24) is 0 Å². The van der Waals surface area contributed by atoms with Crippen molar-refractivity contribution in [3.63, 3.8) is 0 Å². The smallest absolute Gasteiger partial charge is 0.140 e. The van der Waals surface area contributed by atoms with Crippen LogP contribution in [-0.2, 0) is 5.41 Å². The minimum absolute atomic E-state index is 0.678. The van der Waals surface area contributed by atoms with Crippen molar-refractivity contribution in [2.45, 2.75) is 5.41 Å². The van der Waals surface area contributed by atoms with E-state index in [-0.39, 0.29) is 0 Å². The molecule has 9 aromatic carbocycles. The highest BCUT2D eigenvalue weighted by Gasteiger charge is 2.48. The molecule has 11 aromatic rings. The van der Waals surface area contributed by atoms with Crippen LogP contribution in [0.3, 0.4) is 0 Å². The Morgan fingerprint density at radius 2 is 0.879 bits per heavy atom. The van der Waals surface area contributed by atoms with Crippen molar-refractivity contribution in [2.75, 3.05) is 4.90 Å². The molecule has 58 heavy (non-hydrogen) atoms. The summed E-state index contributed by atoms with van der Waals surface area (Å²) in [7, 11) is 0. The summed E-state index contributed by atoms with van der Waals surface area (Å²) in [6, 6.07) is 76.2. The van der Waals surface area contributed by atoms with Crippen LogP contribution in [0.1, 0.15) is 22.3 Å². The van der Waals surface area contributed by atoms with Gasteiger partial charge in [-0.2, -0.15) is 0 Å². The van der Waals surface area contributed by atoms with Crippen LogP contribution in [0, 0.1) is 0 Å². The number of nitrogens with zero attached hydrogens (tertiary/aromatic N) is 1. The molecule has 0 spiro atoms. The number of furan rings is 2. The fraction of sp³-hybridized carbons (Fsp3) is 0.0182. The number of rotatable bonds is 6. The maximum absolute atomic E-state index is 6.88. The van der Waals surface area contributed by atoms with Crippen LogP contribution in [0.25, 0.3) is 66.1 Å². The summed E-state index contributed by atoms with van der Waals surface area (Å²) in [5.41, 5.74) is 15.5. The Labute approximate surface area is 335 Å². The number of para-hydroxylation sites is 3. The summed E-state index contributed by atoms with van der Waals surface area (Å²) < 4.78 is 13.4. The largest absolute Gasteiger partial charge is 0.456 e. The molecule has 2 heterocycles. The fourth-order valence-corrected chi connectivity index (χ4v) is 9.63. The van der Waals surface area contributed by atoms with Gasteiger partial charge in [0.15, 0.2) is 0 Å². The van der Waals surface area contributed by atoms with Crippen molar-refractivity contribution in [2.24, 2.45) is 0 Å². The maximum Gasteiger partial charge on any atom is 0.140 e. The van der Waals surface area contributed by atoms with E-state index in [0.29, 0.717) is 0 Å². The average molecular weight is 742 g/mol. The van der Waals surface area contributed by atoms with Gasteiger partial charge < -0.3 is 13.7 Å². The molecule has 2 aromatic heterocycles. The van der Waals surface area contributed by atoms with Gasteiger partial charge in [-0.25, -0.2) is 0 Å². The molecule has 0 fully saturated rings. The van der Waals surface area contributed by atoms with E-state index in [1.54, 1.807) is 0 Å². The number of hydrogen-bond acceptors (Lipinski definition) is 3. The molecular weight excluding hydrogens is 707 g/mol. The van der Waals surface area contributed by atoms with Gasteiger partial charge in [0.05, 0.1) is 5.41 Å². The second kappa shape index (κ2) is 12.7. The monoisotopic (exact) mass is 741 g/mol. The molecule has 3 nitrogen and oxygen atoms in total. The molecule has 1 unspecified atom stereocenters. The molecule has 0 aliphatic heterocycles. The van der Waals surface area contributed by atoms with Gasteiger partial charge in [-0.15, -0.1) is 0 Å². The second-order valence-electron chi connectivity index (χ2n) is 15.2. The van der Waals surface area contributed by atoms with Crippen LogP contribution in [0.5, 0.6) is 0 Å². The van der Waals surface area contributed by atoms with Crippen LogP contribution < -0.4 is 4.90 Å². The van der Waals surface area contributed by atoms with Gasteiger partial charge in [0.2, 0.25) is 0 Å². The molecule has 0 saturated heterocycles. The number of anilines is 3. The zero-order valence-corrected chi connectivity index (χ0v) is 31.5. The first-order valence-electron chi connectivity index (χ1n) is 19.8. The molecule has 0 radical (unpaired) electrons. The third kappa shape index (κ3) is 4.74. The molecule has 0 bridgehead atoms. The number of hydrogen-bond donors (Lipinski definition) is 0. The first-order valence-corrected chi connectivity index (χ1v) is 19.8. The van der Waals surface area contributed by atoms with Gasteiger partial charge in [0, 0.05) is 50.2 Å². The molecule has 272 valence electrons. The topological polar surface area (TPSA) is 29.5 Å². The Bertz CT molecular complexity index is 3340. The van der Waals surface area contributed by atoms with Crippen molar-refractivity contribution in [1.29, 1.82) is 0 Å². The van der Waals surface area contributed by atoms with E-state index < -0.39 is 5.41 Å². The van der Waals surface area contributed by atoms with Gasteiger partial charge in [-0.1, -0.05) is 158 Å². The molecule has 0 saturated carbocycles. The average Bonchev–Trinajstić information content (AvgIpc) is 3.95. The zero-order chi connectivity index (χ0) is 38.2. The van der Waals surface area contributed by atoms with E-state index in [2.05, 4.69) is 199 Å². The third-order valence-corrected chi connectivity index (χ3v) is 12.2. The van der Waals surface area contributed by atoms with Crippen molar-refractivity contribution < 1.29 is 8.83 Å². The van der Waals surface area contributed by atoms with Gasteiger partial charge in [-0.05, 0) is 87.5 Å². The Hall–Kier alpha value is -7.62. The predicted molar refractivity (Wildman–Crippen MR) is 238 cm³/mol. The van der Waals surface area contributed by atoms with Crippen LogP contribution in [-0.4, -0.2) is 0 Å². The van der Waals surface area contributed by atoms with Gasteiger partial charge >= 0.3 is 0 Å². The van der Waals surface area contributed by atoms with E-state index in [0.717, 1.165) is 66.5 Å². The highest BCUT2D eigenvalue weighted by atomic mass is 16.3. The highest BCUT2D eigenvalue weighted by molar-refractivity contribution is 6.08. The zero-order valence-electron chi connectivity index (χ0n) is 31.5. The van der Waals surface area contributed by atoms with E-state index in [1.807, 2.05) is 18.2 Å². The summed E-state index contributed by atoms with van der Waals surface area (Å²) >= 11 is 0. The Balaban J connectivity index is 1.13. The second-order valence-corrected chi connectivity index (χ2v) is 15.2. The molecule has 1 atom stereocenters. The van der Waals surface area contributed by atoms with Crippen molar-refractivity contribution in [3.8, 4) is 22.3 Å². The highest BCUT2D eigenvalue weighted by Crippen LogP contribution is 2.59. The standard InChI is InChI=1S/C55H35NO2/c1-3-14-36(15-4-1)37-26-28-39(29-27-37)56(41-31-33-46-44-19-8-11-24-51(44)57-53(46)35-41)40-30-32-43-42-18-7-10-22-48(42)55(50(43)34-40,38-16-5-2-6-17-38)49-23-13-21-47-45-20-9-12-25-52(45)58-54(47)49/h1-35H. The Morgan fingerprint density at radius 3 is 1.69 bits per heavy atom. The Kier molecular flexibility index (Phi) is 7.14. The first-order chi connectivity index (χ1) is 28.8. The summed E-state index contributed by atoms with van der Waals surface area (Å²) in [5.74, 6) is 0. The molecule has 1 aliphatic rings.